The van der Waals surface area contributed by atoms with Gasteiger partial charge in [-0.15, -0.1) is 0 Å². The number of nitrogens with one attached hydrogen (secondary N) is 1. The third-order valence-corrected chi connectivity index (χ3v) is 3.71. The monoisotopic (exact) mass is 270 g/mol. The van der Waals surface area contributed by atoms with Crippen LogP contribution in [0.3, 0.4) is 0 Å². The Morgan fingerprint density at radius 3 is 2.21 bits per heavy atom. The summed E-state index contributed by atoms with van der Waals surface area (Å²) in [4.78, 5) is 2.50. The Hall–Kier alpha value is -0.120. The summed E-state index contributed by atoms with van der Waals surface area (Å²) < 4.78 is 5.43. The van der Waals surface area contributed by atoms with Gasteiger partial charge >= 0.3 is 0 Å². The fraction of sp³-hybridized carbons (Fsp3) is 1.00. The van der Waals surface area contributed by atoms with Crippen LogP contribution in [0.15, 0.2) is 0 Å². The molecule has 0 spiro atoms. The molecule has 0 unspecified atom stereocenters. The zero-order chi connectivity index (χ0) is 14.5. The number of ether oxygens (including phenoxy) is 1. The van der Waals surface area contributed by atoms with E-state index in [-0.39, 0.29) is 5.54 Å². The first-order chi connectivity index (χ1) is 8.68. The minimum absolute atomic E-state index is 0.205. The van der Waals surface area contributed by atoms with Crippen LogP contribution < -0.4 is 5.32 Å². The maximum Gasteiger partial charge on any atom is 0.0469 e. The van der Waals surface area contributed by atoms with Crippen LogP contribution in [-0.4, -0.2) is 50.3 Å². The maximum absolute atomic E-state index is 5.43. The second-order valence-electron chi connectivity index (χ2n) is 8.02. The molecule has 3 nitrogen and oxygen atoms in total. The zero-order valence-electron chi connectivity index (χ0n) is 13.9. The van der Waals surface area contributed by atoms with Crippen molar-refractivity contribution in [3.8, 4) is 0 Å². The third kappa shape index (κ3) is 7.91. The molecule has 1 aliphatic heterocycles. The fourth-order valence-corrected chi connectivity index (χ4v) is 2.73. The quantitative estimate of drug-likeness (QED) is 0.803. The van der Waals surface area contributed by atoms with Crippen LogP contribution in [0.5, 0.6) is 0 Å². The molecule has 3 heteroatoms. The highest BCUT2D eigenvalue weighted by atomic mass is 16.5. The van der Waals surface area contributed by atoms with Crippen LogP contribution in [0.2, 0.25) is 0 Å². The molecule has 0 aromatic carbocycles. The fourth-order valence-electron chi connectivity index (χ4n) is 2.73. The molecule has 1 N–H and O–H groups in total. The van der Waals surface area contributed by atoms with Crippen LogP contribution in [0, 0.1) is 11.3 Å². The highest BCUT2D eigenvalue weighted by molar-refractivity contribution is 4.81. The van der Waals surface area contributed by atoms with Gasteiger partial charge in [0.2, 0.25) is 0 Å². The lowest BCUT2D eigenvalue weighted by atomic mass is 9.90. The van der Waals surface area contributed by atoms with Gasteiger partial charge in [-0.25, -0.2) is 0 Å². The van der Waals surface area contributed by atoms with Crippen LogP contribution >= 0.6 is 0 Å². The van der Waals surface area contributed by atoms with E-state index in [1.165, 1.54) is 19.4 Å². The van der Waals surface area contributed by atoms with Crippen molar-refractivity contribution in [1.29, 1.82) is 0 Å². The van der Waals surface area contributed by atoms with E-state index in [0.29, 0.717) is 5.41 Å². The van der Waals surface area contributed by atoms with Gasteiger partial charge < -0.3 is 15.0 Å². The van der Waals surface area contributed by atoms with Gasteiger partial charge in [0.1, 0.15) is 0 Å². The number of nitrogens with zero attached hydrogens (tertiary/aromatic N) is 1. The van der Waals surface area contributed by atoms with Gasteiger partial charge in [-0.05, 0) is 52.0 Å². The van der Waals surface area contributed by atoms with Gasteiger partial charge in [-0.3, -0.25) is 0 Å². The molecule has 1 rings (SSSR count). The molecular formula is C16H34N2O. The molecule has 1 fully saturated rings. The molecule has 0 atom stereocenters. The number of hydrogen-bond acceptors (Lipinski definition) is 3. The molecule has 19 heavy (non-hydrogen) atoms. The second kappa shape index (κ2) is 7.05. The van der Waals surface area contributed by atoms with E-state index in [2.05, 4.69) is 51.9 Å². The SMILES string of the molecule is CN(CC1CCOCC1)CC(C)(C)CNC(C)(C)C. The van der Waals surface area contributed by atoms with E-state index in [4.69, 9.17) is 4.74 Å². The molecule has 0 amide bonds. The van der Waals surface area contributed by atoms with Crippen molar-refractivity contribution < 1.29 is 4.74 Å². The van der Waals surface area contributed by atoms with Crippen LogP contribution in [0.4, 0.5) is 0 Å². The summed E-state index contributed by atoms with van der Waals surface area (Å²) in [5.74, 6) is 0.824. The Kier molecular flexibility index (Phi) is 6.28. The molecule has 0 saturated carbocycles. The molecule has 1 heterocycles. The highest BCUT2D eigenvalue weighted by Crippen LogP contribution is 2.20. The largest absolute Gasteiger partial charge is 0.381 e. The molecule has 1 aliphatic rings. The number of rotatable bonds is 6. The smallest absolute Gasteiger partial charge is 0.0469 e. The summed E-state index contributed by atoms with van der Waals surface area (Å²) in [6.07, 6.45) is 2.45. The van der Waals surface area contributed by atoms with E-state index < -0.39 is 0 Å². The van der Waals surface area contributed by atoms with Crippen molar-refractivity contribution in [3.63, 3.8) is 0 Å². The van der Waals surface area contributed by atoms with Gasteiger partial charge in [0.05, 0.1) is 0 Å². The Bertz CT molecular complexity index is 252. The molecule has 0 aromatic rings. The highest BCUT2D eigenvalue weighted by Gasteiger charge is 2.24. The Balaban J connectivity index is 2.30. The van der Waals surface area contributed by atoms with Crippen molar-refractivity contribution >= 4 is 0 Å². The first-order valence-corrected chi connectivity index (χ1v) is 7.69. The lowest BCUT2D eigenvalue weighted by Gasteiger charge is -2.35. The normalized spacial score (nSPS) is 19.1. The summed E-state index contributed by atoms with van der Waals surface area (Å²) in [6, 6.07) is 0. The molecule has 0 aliphatic carbocycles. The topological polar surface area (TPSA) is 24.5 Å². The standard InChI is InChI=1S/C16H34N2O/c1-15(2,3)17-12-16(4,5)13-18(6)11-14-7-9-19-10-8-14/h14,17H,7-13H2,1-6H3. The van der Waals surface area contributed by atoms with E-state index >= 15 is 0 Å². The van der Waals surface area contributed by atoms with Crippen molar-refractivity contribution in [2.45, 2.75) is 53.0 Å². The predicted molar refractivity (Wildman–Crippen MR) is 82.6 cm³/mol. The van der Waals surface area contributed by atoms with E-state index in [1.807, 2.05) is 0 Å². The van der Waals surface area contributed by atoms with Crippen molar-refractivity contribution in [2.75, 3.05) is 39.9 Å². The van der Waals surface area contributed by atoms with Gasteiger partial charge in [-0.2, -0.15) is 0 Å². The summed E-state index contributed by atoms with van der Waals surface area (Å²) in [7, 11) is 2.26. The first kappa shape index (κ1) is 16.9. The third-order valence-electron chi connectivity index (χ3n) is 3.71. The van der Waals surface area contributed by atoms with Gasteiger partial charge in [0.25, 0.3) is 0 Å². The zero-order valence-corrected chi connectivity index (χ0v) is 13.9. The minimum atomic E-state index is 0.205. The number of hydrogen-bond donors (Lipinski definition) is 1. The van der Waals surface area contributed by atoms with Crippen LogP contribution in [0.25, 0.3) is 0 Å². The van der Waals surface area contributed by atoms with Crippen molar-refractivity contribution in [1.82, 2.24) is 10.2 Å². The van der Waals surface area contributed by atoms with E-state index in [9.17, 15) is 0 Å². The van der Waals surface area contributed by atoms with Gasteiger partial charge in [0.15, 0.2) is 0 Å². The second-order valence-corrected chi connectivity index (χ2v) is 8.02. The summed E-state index contributed by atoms with van der Waals surface area (Å²) >= 11 is 0. The van der Waals surface area contributed by atoms with Crippen molar-refractivity contribution in [3.05, 3.63) is 0 Å². The molecular weight excluding hydrogens is 236 g/mol. The lowest BCUT2D eigenvalue weighted by molar-refractivity contribution is 0.0509. The predicted octanol–water partition coefficient (Wildman–Crippen LogP) is 2.76. The summed E-state index contributed by atoms with van der Waals surface area (Å²) in [6.45, 7) is 16.7. The Morgan fingerprint density at radius 1 is 1.11 bits per heavy atom. The summed E-state index contributed by atoms with van der Waals surface area (Å²) in [5.41, 5.74) is 0.518. The van der Waals surface area contributed by atoms with Crippen molar-refractivity contribution in [2.24, 2.45) is 11.3 Å². The molecule has 0 radical (unpaired) electrons. The van der Waals surface area contributed by atoms with Gasteiger partial charge in [0, 0.05) is 38.4 Å². The minimum Gasteiger partial charge on any atom is -0.381 e. The average Bonchev–Trinajstić information content (AvgIpc) is 2.26. The molecule has 1 saturated heterocycles. The first-order valence-electron chi connectivity index (χ1n) is 7.69. The Labute approximate surface area is 120 Å². The maximum atomic E-state index is 5.43. The molecule has 0 aromatic heterocycles. The molecule has 0 bridgehead atoms. The van der Waals surface area contributed by atoms with E-state index in [0.717, 1.165) is 32.2 Å². The Morgan fingerprint density at radius 2 is 1.68 bits per heavy atom. The van der Waals surface area contributed by atoms with Crippen LogP contribution in [0.1, 0.15) is 47.5 Å². The lowest BCUT2D eigenvalue weighted by Crippen LogP contribution is -2.46. The average molecular weight is 270 g/mol. The molecule has 114 valence electrons. The van der Waals surface area contributed by atoms with Crippen LogP contribution in [-0.2, 0) is 4.74 Å². The van der Waals surface area contributed by atoms with Gasteiger partial charge in [-0.1, -0.05) is 13.8 Å². The van der Waals surface area contributed by atoms with E-state index in [1.54, 1.807) is 0 Å². The summed E-state index contributed by atoms with van der Waals surface area (Å²) in [5, 5.41) is 3.62.